The lowest BCUT2D eigenvalue weighted by Crippen LogP contribution is -1.86. The molecule has 0 bridgehead atoms. The second-order valence-corrected chi connectivity index (χ2v) is 1.43. The van der Waals surface area contributed by atoms with Crippen molar-refractivity contribution in [2.24, 2.45) is 0 Å². The molecule has 0 radical (unpaired) electrons. The van der Waals surface area contributed by atoms with E-state index in [1.54, 1.807) is 0 Å². The Morgan fingerprint density at radius 1 is 1.17 bits per heavy atom. The van der Waals surface area contributed by atoms with Crippen LogP contribution < -0.4 is 0 Å². The number of rotatable bonds is 0. The molecule has 0 N–H and O–H groups in total. The Balaban J connectivity index is 2.29. The summed E-state index contributed by atoms with van der Waals surface area (Å²) in [4.78, 5) is 0. The predicted molar refractivity (Wildman–Crippen MR) is 18.7 cm³/mol. The third-order valence-electron chi connectivity index (χ3n) is 0.973. The third-order valence-corrected chi connectivity index (χ3v) is 0.973. The fraction of sp³-hybridized carbons (Fsp3) is 0.500. The second kappa shape index (κ2) is 0.555. The van der Waals surface area contributed by atoms with Gasteiger partial charge in [0, 0.05) is 0 Å². The van der Waals surface area contributed by atoms with Crippen molar-refractivity contribution in [3.05, 3.63) is 11.5 Å². The lowest BCUT2D eigenvalue weighted by molar-refractivity contribution is 0.0487. The molecule has 1 heterocycles. The van der Waals surface area contributed by atoms with Gasteiger partial charge < -0.3 is 9.47 Å². The predicted octanol–water partition coefficient (Wildman–Crippen LogP) is 0.606. The van der Waals surface area contributed by atoms with Crippen molar-refractivity contribution in [2.75, 3.05) is 6.79 Å². The van der Waals surface area contributed by atoms with Crippen molar-refractivity contribution < 1.29 is 9.47 Å². The van der Waals surface area contributed by atoms with Crippen molar-refractivity contribution in [3.63, 3.8) is 0 Å². The van der Waals surface area contributed by atoms with E-state index in [-0.39, 0.29) is 0 Å². The number of hydrogen-bond donors (Lipinski definition) is 0. The smallest absolute Gasteiger partial charge is 0.230 e. The quantitative estimate of drug-likeness (QED) is 0.428. The molecule has 0 unspecified atom stereocenters. The van der Waals surface area contributed by atoms with Crippen LogP contribution in [-0.2, 0) is 9.47 Å². The van der Waals surface area contributed by atoms with Crippen LogP contribution in [0.4, 0.5) is 0 Å². The molecule has 0 spiro atoms. The Kier molecular flexibility index (Phi) is 0.231. The van der Waals surface area contributed by atoms with Crippen molar-refractivity contribution in [1.29, 1.82) is 0 Å². The maximum absolute atomic E-state index is 4.88. The average molecular weight is 84.1 g/mol. The minimum absolute atomic E-state index is 0.463. The summed E-state index contributed by atoms with van der Waals surface area (Å²) in [6.45, 7) is 0.463. The molecular weight excluding hydrogens is 80.0 g/mol. The van der Waals surface area contributed by atoms with E-state index in [9.17, 15) is 0 Å². The molecule has 2 rings (SSSR count). The van der Waals surface area contributed by atoms with Crippen molar-refractivity contribution in [3.8, 4) is 0 Å². The maximum atomic E-state index is 4.88. The minimum atomic E-state index is 0.463. The van der Waals surface area contributed by atoms with Gasteiger partial charge in [-0.2, -0.15) is 0 Å². The highest BCUT2D eigenvalue weighted by Crippen LogP contribution is 2.37. The number of ether oxygens (including phenoxy) is 2. The first-order chi connectivity index (χ1) is 2.97. The van der Waals surface area contributed by atoms with Crippen LogP contribution in [-0.4, -0.2) is 6.79 Å². The molecule has 1 aliphatic heterocycles. The zero-order valence-corrected chi connectivity index (χ0v) is 3.23. The molecule has 0 aromatic rings. The van der Waals surface area contributed by atoms with Crippen molar-refractivity contribution in [2.45, 2.75) is 6.42 Å². The van der Waals surface area contributed by atoms with Crippen LogP contribution in [0, 0.1) is 0 Å². The van der Waals surface area contributed by atoms with E-state index in [0.717, 1.165) is 17.9 Å². The summed E-state index contributed by atoms with van der Waals surface area (Å²) in [5, 5.41) is 0. The molecule has 0 aromatic carbocycles. The number of allylic oxidation sites excluding steroid dienone is 2. The Labute approximate surface area is 35.4 Å². The van der Waals surface area contributed by atoms with Gasteiger partial charge in [0.05, 0.1) is 6.42 Å². The summed E-state index contributed by atoms with van der Waals surface area (Å²) >= 11 is 0. The van der Waals surface area contributed by atoms with Gasteiger partial charge in [-0.3, -0.25) is 0 Å². The average Bonchev–Trinajstić information content (AvgIpc) is 2.17. The highest BCUT2D eigenvalue weighted by atomic mass is 16.7. The topological polar surface area (TPSA) is 18.5 Å². The third kappa shape index (κ3) is 0.142. The van der Waals surface area contributed by atoms with Crippen LogP contribution in [0.2, 0.25) is 0 Å². The lowest BCUT2D eigenvalue weighted by atomic mass is 10.8. The van der Waals surface area contributed by atoms with E-state index in [1.807, 2.05) is 0 Å². The van der Waals surface area contributed by atoms with Gasteiger partial charge in [0.2, 0.25) is 6.79 Å². The molecule has 1 aliphatic carbocycles. The standard InChI is InChI=1S/C4H4O2/c1-3-4(1)6-2-5-3/h1-2H2. The van der Waals surface area contributed by atoms with Gasteiger partial charge in [0.25, 0.3) is 0 Å². The first kappa shape index (κ1) is 2.50. The van der Waals surface area contributed by atoms with Crippen LogP contribution in [0.1, 0.15) is 6.42 Å². The summed E-state index contributed by atoms with van der Waals surface area (Å²) in [6, 6.07) is 0. The van der Waals surface area contributed by atoms with E-state index in [0.29, 0.717) is 6.79 Å². The Bertz CT molecular complexity index is 103. The molecule has 0 fully saturated rings. The maximum Gasteiger partial charge on any atom is 0.230 e. The lowest BCUT2D eigenvalue weighted by Gasteiger charge is -1.94. The molecule has 2 nitrogen and oxygen atoms in total. The second-order valence-electron chi connectivity index (χ2n) is 1.43. The Hall–Kier alpha value is -0.660. The van der Waals surface area contributed by atoms with Gasteiger partial charge in [-0.05, 0) is 0 Å². The van der Waals surface area contributed by atoms with Gasteiger partial charge in [0.1, 0.15) is 11.5 Å². The first-order valence-corrected chi connectivity index (χ1v) is 1.94. The summed E-state index contributed by atoms with van der Waals surface area (Å²) in [7, 11) is 0. The molecule has 0 amide bonds. The van der Waals surface area contributed by atoms with E-state index in [2.05, 4.69) is 0 Å². The molecule has 2 aliphatic rings. The minimum Gasteiger partial charge on any atom is -0.458 e. The molecular formula is C4H4O2. The molecule has 0 atom stereocenters. The zero-order chi connectivity index (χ0) is 3.98. The van der Waals surface area contributed by atoms with Crippen LogP contribution in [0.25, 0.3) is 0 Å². The zero-order valence-electron chi connectivity index (χ0n) is 3.23. The molecule has 32 valence electrons. The van der Waals surface area contributed by atoms with Crippen LogP contribution in [0.3, 0.4) is 0 Å². The fourth-order valence-electron chi connectivity index (χ4n) is 0.536. The Morgan fingerprint density at radius 2 is 1.83 bits per heavy atom. The summed E-state index contributed by atoms with van der Waals surface area (Å²) in [6.07, 6.45) is 0.972. The summed E-state index contributed by atoms with van der Waals surface area (Å²) in [5.41, 5.74) is 0. The molecule has 0 aromatic heterocycles. The van der Waals surface area contributed by atoms with Crippen LogP contribution >= 0.6 is 0 Å². The molecule has 2 heteroatoms. The normalized spacial score (nSPS) is 25.3. The van der Waals surface area contributed by atoms with E-state index < -0.39 is 0 Å². The highest BCUT2D eigenvalue weighted by molar-refractivity contribution is 5.25. The Morgan fingerprint density at radius 3 is 2.00 bits per heavy atom. The van der Waals surface area contributed by atoms with Crippen molar-refractivity contribution in [1.82, 2.24) is 0 Å². The van der Waals surface area contributed by atoms with Gasteiger partial charge >= 0.3 is 0 Å². The summed E-state index contributed by atoms with van der Waals surface area (Å²) < 4.78 is 9.77. The highest BCUT2D eigenvalue weighted by Gasteiger charge is 2.31. The molecule has 0 saturated heterocycles. The van der Waals surface area contributed by atoms with Crippen LogP contribution in [0.5, 0.6) is 0 Å². The van der Waals surface area contributed by atoms with Gasteiger partial charge in [-0.1, -0.05) is 0 Å². The van der Waals surface area contributed by atoms with E-state index in [1.165, 1.54) is 0 Å². The molecule has 0 saturated carbocycles. The van der Waals surface area contributed by atoms with E-state index >= 15 is 0 Å². The number of hydrogen-bond acceptors (Lipinski definition) is 2. The monoisotopic (exact) mass is 84.0 g/mol. The van der Waals surface area contributed by atoms with E-state index in [4.69, 9.17) is 9.47 Å². The molecule has 6 heavy (non-hydrogen) atoms. The SMILES string of the molecule is C1OC2=C(C2)O1. The van der Waals surface area contributed by atoms with Crippen LogP contribution in [0.15, 0.2) is 11.5 Å². The van der Waals surface area contributed by atoms with Gasteiger partial charge in [-0.15, -0.1) is 0 Å². The van der Waals surface area contributed by atoms with Crippen molar-refractivity contribution >= 4 is 0 Å². The largest absolute Gasteiger partial charge is 0.458 e. The van der Waals surface area contributed by atoms with Gasteiger partial charge in [0.15, 0.2) is 0 Å². The summed E-state index contributed by atoms with van der Waals surface area (Å²) in [5.74, 6) is 2.13. The van der Waals surface area contributed by atoms with Gasteiger partial charge in [-0.25, -0.2) is 0 Å². The fourth-order valence-corrected chi connectivity index (χ4v) is 0.536. The first-order valence-electron chi connectivity index (χ1n) is 1.94.